The number of pyridine rings is 1. The molecule has 0 aliphatic rings. The van der Waals surface area contributed by atoms with Crippen LogP contribution in [0.25, 0.3) is 11.6 Å². The van der Waals surface area contributed by atoms with E-state index >= 15 is 0 Å². The van der Waals surface area contributed by atoms with Gasteiger partial charge in [0.15, 0.2) is 11.8 Å². The quantitative estimate of drug-likeness (QED) is 0.460. The number of rotatable bonds is 8. The summed E-state index contributed by atoms with van der Waals surface area (Å²) in [5, 5.41) is 10.4. The zero-order valence-corrected chi connectivity index (χ0v) is 15.7. The maximum absolute atomic E-state index is 12.9. The van der Waals surface area contributed by atoms with Gasteiger partial charge in [-0.25, -0.2) is 4.39 Å². The Morgan fingerprint density at radius 2 is 1.96 bits per heavy atom. The lowest BCUT2D eigenvalue weighted by molar-refractivity contribution is 0.421. The van der Waals surface area contributed by atoms with Crippen LogP contribution in [0.15, 0.2) is 58.2 Å². The van der Waals surface area contributed by atoms with Crippen molar-refractivity contribution < 1.29 is 8.91 Å². The van der Waals surface area contributed by atoms with Gasteiger partial charge in [0.2, 0.25) is 0 Å². The minimum Gasteiger partial charge on any atom is -0.357 e. The molecular formula is C20H23FN6O. The van der Waals surface area contributed by atoms with Crippen LogP contribution in [0.5, 0.6) is 0 Å². The fraction of sp³-hybridized carbons (Fsp3) is 0.300. The van der Waals surface area contributed by atoms with Gasteiger partial charge < -0.3 is 15.2 Å². The summed E-state index contributed by atoms with van der Waals surface area (Å²) in [7, 11) is 0. The van der Waals surface area contributed by atoms with Crippen molar-refractivity contribution in [3.63, 3.8) is 0 Å². The highest BCUT2D eigenvalue weighted by molar-refractivity contribution is 5.79. The molecule has 0 amide bonds. The number of benzene rings is 1. The highest BCUT2D eigenvalue weighted by atomic mass is 19.1. The minimum atomic E-state index is -0.223. The molecule has 3 aromatic rings. The summed E-state index contributed by atoms with van der Waals surface area (Å²) in [6, 6.07) is 12.0. The van der Waals surface area contributed by atoms with Gasteiger partial charge in [-0.15, -0.1) is 0 Å². The second-order valence-electron chi connectivity index (χ2n) is 6.04. The van der Waals surface area contributed by atoms with E-state index in [0.29, 0.717) is 36.9 Å². The zero-order chi connectivity index (χ0) is 19.6. The molecule has 146 valence electrons. The molecule has 0 aliphatic heterocycles. The standard InChI is InChI=1S/C20H23FN6O/c1-2-22-20(24-13-10-15-6-8-16(21)9-7-15)25-14-11-18-26-19(28-27-18)17-5-3-4-12-23-17/h3-9,12H,2,10-11,13-14H2,1H3,(H2,22,24,25). The lowest BCUT2D eigenvalue weighted by Gasteiger charge is -2.11. The Morgan fingerprint density at radius 3 is 2.71 bits per heavy atom. The number of aromatic nitrogens is 3. The summed E-state index contributed by atoms with van der Waals surface area (Å²) in [6.07, 6.45) is 3.03. The number of hydrogen-bond acceptors (Lipinski definition) is 5. The van der Waals surface area contributed by atoms with Crippen LogP contribution in [0.1, 0.15) is 18.3 Å². The Morgan fingerprint density at radius 1 is 1.11 bits per heavy atom. The van der Waals surface area contributed by atoms with Gasteiger partial charge in [0.1, 0.15) is 11.5 Å². The maximum Gasteiger partial charge on any atom is 0.276 e. The zero-order valence-electron chi connectivity index (χ0n) is 15.7. The molecule has 0 radical (unpaired) electrons. The first-order chi connectivity index (χ1) is 13.7. The van der Waals surface area contributed by atoms with Crippen LogP contribution in [0.2, 0.25) is 0 Å². The van der Waals surface area contributed by atoms with E-state index in [4.69, 9.17) is 4.52 Å². The van der Waals surface area contributed by atoms with Crippen LogP contribution < -0.4 is 10.6 Å². The molecule has 0 saturated carbocycles. The molecule has 2 aromatic heterocycles. The lowest BCUT2D eigenvalue weighted by Crippen LogP contribution is -2.38. The van der Waals surface area contributed by atoms with Crippen LogP contribution in [-0.4, -0.2) is 40.7 Å². The molecule has 0 aliphatic carbocycles. The van der Waals surface area contributed by atoms with Crippen LogP contribution >= 0.6 is 0 Å². The monoisotopic (exact) mass is 382 g/mol. The molecular weight excluding hydrogens is 359 g/mol. The number of guanidine groups is 1. The summed E-state index contributed by atoms with van der Waals surface area (Å²) in [5.41, 5.74) is 1.72. The van der Waals surface area contributed by atoms with E-state index in [2.05, 4.69) is 30.8 Å². The van der Waals surface area contributed by atoms with Crippen molar-refractivity contribution in [1.29, 1.82) is 0 Å². The third-order valence-electron chi connectivity index (χ3n) is 3.92. The molecule has 0 unspecified atom stereocenters. The van der Waals surface area contributed by atoms with Crippen LogP contribution in [-0.2, 0) is 12.8 Å². The van der Waals surface area contributed by atoms with Crippen molar-refractivity contribution in [3.05, 3.63) is 65.9 Å². The van der Waals surface area contributed by atoms with Crippen LogP contribution in [0, 0.1) is 5.82 Å². The molecule has 2 N–H and O–H groups in total. The van der Waals surface area contributed by atoms with Crippen molar-refractivity contribution in [2.75, 3.05) is 19.6 Å². The molecule has 3 rings (SSSR count). The average molecular weight is 382 g/mol. The van der Waals surface area contributed by atoms with Gasteiger partial charge in [-0.3, -0.25) is 9.98 Å². The van der Waals surface area contributed by atoms with Gasteiger partial charge >= 0.3 is 0 Å². The van der Waals surface area contributed by atoms with E-state index in [1.165, 1.54) is 12.1 Å². The predicted octanol–water partition coefficient (Wildman–Crippen LogP) is 2.61. The Kier molecular flexibility index (Phi) is 7.06. The van der Waals surface area contributed by atoms with E-state index < -0.39 is 0 Å². The Hall–Kier alpha value is -3.29. The topological polar surface area (TPSA) is 88.2 Å². The fourth-order valence-corrected chi connectivity index (χ4v) is 2.53. The molecule has 0 spiro atoms. The number of nitrogens with zero attached hydrogens (tertiary/aromatic N) is 4. The minimum absolute atomic E-state index is 0.223. The van der Waals surface area contributed by atoms with Gasteiger partial charge in [-0.05, 0) is 43.2 Å². The first-order valence-corrected chi connectivity index (χ1v) is 9.25. The molecule has 0 bridgehead atoms. The summed E-state index contributed by atoms with van der Waals surface area (Å²) < 4.78 is 18.2. The Balaban J connectivity index is 1.49. The van der Waals surface area contributed by atoms with E-state index in [0.717, 1.165) is 24.5 Å². The van der Waals surface area contributed by atoms with Crippen molar-refractivity contribution in [2.45, 2.75) is 19.8 Å². The van der Waals surface area contributed by atoms with Gasteiger partial charge in [0, 0.05) is 32.3 Å². The van der Waals surface area contributed by atoms with Gasteiger partial charge in [-0.2, -0.15) is 4.98 Å². The number of hydrogen-bond donors (Lipinski definition) is 2. The first kappa shape index (κ1) is 19.5. The molecule has 8 heteroatoms. The van der Waals surface area contributed by atoms with E-state index in [9.17, 15) is 4.39 Å². The van der Waals surface area contributed by atoms with Crippen molar-refractivity contribution in [2.24, 2.45) is 4.99 Å². The highest BCUT2D eigenvalue weighted by Crippen LogP contribution is 2.13. The molecule has 28 heavy (non-hydrogen) atoms. The highest BCUT2D eigenvalue weighted by Gasteiger charge is 2.09. The smallest absolute Gasteiger partial charge is 0.276 e. The average Bonchev–Trinajstić information content (AvgIpc) is 3.19. The number of nitrogens with one attached hydrogen (secondary N) is 2. The summed E-state index contributed by atoms with van der Waals surface area (Å²) >= 11 is 0. The largest absolute Gasteiger partial charge is 0.357 e. The summed E-state index contributed by atoms with van der Waals surface area (Å²) in [5.74, 6) is 1.49. The van der Waals surface area contributed by atoms with Crippen molar-refractivity contribution in [3.8, 4) is 11.6 Å². The third kappa shape index (κ3) is 5.87. The van der Waals surface area contributed by atoms with E-state index in [1.54, 1.807) is 18.3 Å². The lowest BCUT2D eigenvalue weighted by atomic mass is 10.1. The van der Waals surface area contributed by atoms with Crippen molar-refractivity contribution in [1.82, 2.24) is 25.8 Å². The molecule has 0 atom stereocenters. The van der Waals surface area contributed by atoms with Gasteiger partial charge in [0.05, 0.1) is 0 Å². The molecule has 2 heterocycles. The second kappa shape index (κ2) is 10.1. The predicted molar refractivity (Wildman–Crippen MR) is 105 cm³/mol. The van der Waals surface area contributed by atoms with Crippen molar-refractivity contribution >= 4 is 5.96 Å². The SMILES string of the molecule is CCNC(=NCCc1noc(-c2ccccn2)n1)NCCc1ccc(F)cc1. The molecule has 0 fully saturated rings. The summed E-state index contributed by atoms with van der Waals surface area (Å²) in [6.45, 7) is 3.99. The molecule has 7 nitrogen and oxygen atoms in total. The second-order valence-corrected chi connectivity index (χ2v) is 6.04. The number of halogens is 1. The van der Waals surface area contributed by atoms with Crippen LogP contribution in [0.3, 0.4) is 0 Å². The fourth-order valence-electron chi connectivity index (χ4n) is 2.53. The maximum atomic E-state index is 12.9. The Bertz CT molecular complexity index is 879. The first-order valence-electron chi connectivity index (χ1n) is 9.25. The van der Waals surface area contributed by atoms with Crippen LogP contribution in [0.4, 0.5) is 4.39 Å². The van der Waals surface area contributed by atoms with E-state index in [1.807, 2.05) is 25.1 Å². The number of aliphatic imine (C=N–C) groups is 1. The van der Waals surface area contributed by atoms with Gasteiger partial charge in [0.25, 0.3) is 5.89 Å². The third-order valence-corrected chi connectivity index (χ3v) is 3.92. The van der Waals surface area contributed by atoms with E-state index in [-0.39, 0.29) is 5.82 Å². The normalized spacial score (nSPS) is 11.4. The summed E-state index contributed by atoms with van der Waals surface area (Å²) in [4.78, 5) is 13.1. The van der Waals surface area contributed by atoms with Gasteiger partial charge in [-0.1, -0.05) is 23.4 Å². The molecule has 1 aromatic carbocycles. The Labute approximate surface area is 163 Å². The molecule has 0 saturated heterocycles.